The second-order valence-corrected chi connectivity index (χ2v) is 4.99. The number of nitrogens with two attached hydrogens (primary N) is 1. The van der Waals surface area contributed by atoms with E-state index >= 15 is 0 Å². The van der Waals surface area contributed by atoms with Gasteiger partial charge in [0, 0.05) is 25.4 Å². The Morgan fingerprint density at radius 2 is 2.37 bits per heavy atom. The molecule has 2 rings (SSSR count). The van der Waals surface area contributed by atoms with Crippen LogP contribution in [0.5, 0.6) is 0 Å². The summed E-state index contributed by atoms with van der Waals surface area (Å²) >= 11 is 0. The second-order valence-electron chi connectivity index (χ2n) is 4.99. The van der Waals surface area contributed by atoms with Crippen LogP contribution >= 0.6 is 0 Å². The fourth-order valence-corrected chi connectivity index (χ4v) is 2.32. The highest BCUT2D eigenvalue weighted by Crippen LogP contribution is 2.20. The molecule has 1 fully saturated rings. The summed E-state index contributed by atoms with van der Waals surface area (Å²) in [4.78, 5) is 11.8. The number of hydrogen-bond donors (Lipinski definition) is 2. The first-order valence-corrected chi connectivity index (χ1v) is 6.80. The number of nitrogens with one attached hydrogen (secondary N) is 1. The molecular weight excluding hydrogens is 244 g/mol. The van der Waals surface area contributed by atoms with Gasteiger partial charge >= 0.3 is 0 Å². The van der Waals surface area contributed by atoms with E-state index in [1.54, 1.807) is 24.1 Å². The number of aryl methyl sites for hydroxylation is 1. The zero-order valence-corrected chi connectivity index (χ0v) is 11.3. The summed E-state index contributed by atoms with van der Waals surface area (Å²) in [6.07, 6.45) is 8.53. The Bertz CT molecular complexity index is 413. The number of ether oxygens (including phenoxy) is 1. The molecule has 19 heavy (non-hydrogen) atoms. The van der Waals surface area contributed by atoms with Crippen molar-refractivity contribution < 1.29 is 9.53 Å². The molecule has 0 radical (unpaired) electrons. The second kappa shape index (κ2) is 6.68. The maximum atomic E-state index is 11.8. The van der Waals surface area contributed by atoms with Crippen molar-refractivity contribution in [2.75, 3.05) is 13.2 Å². The molecule has 1 aliphatic carbocycles. The smallest absolute Gasteiger partial charge is 0.241 e. The van der Waals surface area contributed by atoms with Crippen LogP contribution in [0.25, 0.3) is 0 Å². The van der Waals surface area contributed by atoms with E-state index in [9.17, 15) is 4.79 Å². The molecule has 1 atom stereocenters. The average molecular weight is 266 g/mol. The molecule has 1 unspecified atom stereocenters. The standard InChI is InChI=1S/C13H22N4O2/c1-17-9-10(8-16-17)12(14)13(18)15-6-7-19-11-4-2-3-5-11/h8-9,11-12H,2-7,14H2,1H3,(H,15,18). The van der Waals surface area contributed by atoms with E-state index < -0.39 is 6.04 Å². The number of rotatable bonds is 6. The average Bonchev–Trinajstić information content (AvgIpc) is 3.04. The van der Waals surface area contributed by atoms with Crippen molar-refractivity contribution >= 4 is 5.91 Å². The van der Waals surface area contributed by atoms with Gasteiger partial charge in [-0.05, 0) is 12.8 Å². The third kappa shape index (κ3) is 4.04. The van der Waals surface area contributed by atoms with Gasteiger partial charge in [0.2, 0.25) is 5.91 Å². The predicted octanol–water partition coefficient (Wildman–Crippen LogP) is 0.495. The topological polar surface area (TPSA) is 82.2 Å². The van der Waals surface area contributed by atoms with Gasteiger partial charge in [-0.3, -0.25) is 9.48 Å². The highest BCUT2D eigenvalue weighted by molar-refractivity contribution is 5.82. The first-order valence-electron chi connectivity index (χ1n) is 6.80. The van der Waals surface area contributed by atoms with E-state index in [1.165, 1.54) is 12.8 Å². The molecule has 0 aromatic carbocycles. The molecule has 0 aliphatic heterocycles. The summed E-state index contributed by atoms with van der Waals surface area (Å²) in [6.45, 7) is 1.06. The van der Waals surface area contributed by atoms with Gasteiger partial charge in [-0.1, -0.05) is 12.8 Å². The Balaban J connectivity index is 1.66. The molecule has 0 saturated heterocycles. The third-order valence-electron chi connectivity index (χ3n) is 3.42. The van der Waals surface area contributed by atoms with Gasteiger partial charge in [0.1, 0.15) is 6.04 Å². The summed E-state index contributed by atoms with van der Waals surface area (Å²) in [7, 11) is 1.80. The molecule has 0 spiro atoms. The van der Waals surface area contributed by atoms with Crippen LogP contribution in [0.1, 0.15) is 37.3 Å². The maximum absolute atomic E-state index is 11.8. The molecular formula is C13H22N4O2. The van der Waals surface area contributed by atoms with Crippen LogP contribution in [0.3, 0.4) is 0 Å². The molecule has 1 heterocycles. The minimum atomic E-state index is -0.666. The Labute approximate surface area is 113 Å². The molecule has 1 aromatic rings. The van der Waals surface area contributed by atoms with Crippen molar-refractivity contribution in [2.45, 2.75) is 37.8 Å². The van der Waals surface area contributed by atoms with Crippen LogP contribution in [-0.2, 0) is 16.6 Å². The molecule has 1 aromatic heterocycles. The zero-order chi connectivity index (χ0) is 13.7. The minimum absolute atomic E-state index is 0.192. The lowest BCUT2D eigenvalue weighted by Crippen LogP contribution is -2.36. The maximum Gasteiger partial charge on any atom is 0.241 e. The van der Waals surface area contributed by atoms with Crippen molar-refractivity contribution in [3.05, 3.63) is 18.0 Å². The van der Waals surface area contributed by atoms with Crippen molar-refractivity contribution in [3.63, 3.8) is 0 Å². The molecule has 1 amide bonds. The van der Waals surface area contributed by atoms with Crippen molar-refractivity contribution in [1.29, 1.82) is 0 Å². The quantitative estimate of drug-likeness (QED) is 0.734. The van der Waals surface area contributed by atoms with Crippen LogP contribution in [0.15, 0.2) is 12.4 Å². The first kappa shape index (κ1) is 14.0. The van der Waals surface area contributed by atoms with Gasteiger partial charge in [-0.2, -0.15) is 5.10 Å². The Morgan fingerprint density at radius 1 is 1.63 bits per heavy atom. The van der Waals surface area contributed by atoms with E-state index in [0.29, 0.717) is 19.3 Å². The molecule has 0 bridgehead atoms. The van der Waals surface area contributed by atoms with E-state index in [1.807, 2.05) is 0 Å². The highest BCUT2D eigenvalue weighted by Gasteiger charge is 2.18. The van der Waals surface area contributed by atoms with Crippen LogP contribution < -0.4 is 11.1 Å². The highest BCUT2D eigenvalue weighted by atomic mass is 16.5. The van der Waals surface area contributed by atoms with Gasteiger partial charge in [-0.25, -0.2) is 0 Å². The lowest BCUT2D eigenvalue weighted by atomic mass is 10.1. The number of hydrogen-bond acceptors (Lipinski definition) is 4. The lowest BCUT2D eigenvalue weighted by molar-refractivity contribution is -0.122. The molecule has 6 heteroatoms. The fraction of sp³-hybridized carbons (Fsp3) is 0.692. The molecule has 106 valence electrons. The van der Waals surface area contributed by atoms with Crippen LogP contribution in [0, 0.1) is 0 Å². The van der Waals surface area contributed by atoms with Gasteiger partial charge < -0.3 is 15.8 Å². The summed E-state index contributed by atoms with van der Waals surface area (Å²) in [6, 6.07) is -0.666. The van der Waals surface area contributed by atoms with Gasteiger partial charge in [0.15, 0.2) is 0 Å². The number of carbonyl (C=O) groups is 1. The van der Waals surface area contributed by atoms with Gasteiger partial charge in [0.05, 0.1) is 18.9 Å². The van der Waals surface area contributed by atoms with Crippen molar-refractivity contribution in [1.82, 2.24) is 15.1 Å². The summed E-state index contributed by atoms with van der Waals surface area (Å²) < 4.78 is 7.30. The van der Waals surface area contributed by atoms with Crippen molar-refractivity contribution in [3.8, 4) is 0 Å². The molecule has 1 aliphatic rings. The number of amides is 1. The predicted molar refractivity (Wildman–Crippen MR) is 71.4 cm³/mol. The molecule has 3 N–H and O–H groups in total. The Morgan fingerprint density at radius 3 is 3.00 bits per heavy atom. The Kier molecular flexibility index (Phi) is 4.93. The fourth-order valence-electron chi connectivity index (χ4n) is 2.32. The lowest BCUT2D eigenvalue weighted by Gasteiger charge is -2.13. The van der Waals surface area contributed by atoms with Gasteiger partial charge in [-0.15, -0.1) is 0 Å². The summed E-state index contributed by atoms with van der Waals surface area (Å²) in [5.74, 6) is -0.192. The normalized spacial score (nSPS) is 17.6. The van der Waals surface area contributed by atoms with Crippen LogP contribution in [-0.4, -0.2) is 34.9 Å². The summed E-state index contributed by atoms with van der Waals surface area (Å²) in [5.41, 5.74) is 6.57. The van der Waals surface area contributed by atoms with Crippen LogP contribution in [0.2, 0.25) is 0 Å². The van der Waals surface area contributed by atoms with Gasteiger partial charge in [0.25, 0.3) is 0 Å². The molecule has 6 nitrogen and oxygen atoms in total. The monoisotopic (exact) mass is 266 g/mol. The Hall–Kier alpha value is -1.40. The van der Waals surface area contributed by atoms with E-state index in [2.05, 4.69) is 10.4 Å². The number of nitrogens with zero attached hydrogens (tertiary/aromatic N) is 2. The number of aromatic nitrogens is 2. The number of carbonyl (C=O) groups excluding carboxylic acids is 1. The summed E-state index contributed by atoms with van der Waals surface area (Å²) in [5, 5.41) is 6.79. The van der Waals surface area contributed by atoms with E-state index in [-0.39, 0.29) is 5.91 Å². The van der Waals surface area contributed by atoms with Crippen LogP contribution in [0.4, 0.5) is 0 Å². The minimum Gasteiger partial charge on any atom is -0.376 e. The molecule has 1 saturated carbocycles. The largest absolute Gasteiger partial charge is 0.376 e. The SMILES string of the molecule is Cn1cc(C(N)C(=O)NCCOC2CCCC2)cn1. The van der Waals surface area contributed by atoms with E-state index in [0.717, 1.165) is 18.4 Å². The van der Waals surface area contributed by atoms with Crippen molar-refractivity contribution in [2.24, 2.45) is 12.8 Å². The van der Waals surface area contributed by atoms with E-state index in [4.69, 9.17) is 10.5 Å². The first-order chi connectivity index (χ1) is 9.16. The third-order valence-corrected chi connectivity index (χ3v) is 3.42. The zero-order valence-electron chi connectivity index (χ0n) is 11.3.